The number of halogens is 3. The lowest BCUT2D eigenvalue weighted by Gasteiger charge is -2.40. The summed E-state index contributed by atoms with van der Waals surface area (Å²) in [5.74, 6) is 1.03. The van der Waals surface area contributed by atoms with Crippen molar-refractivity contribution in [1.29, 1.82) is 0 Å². The van der Waals surface area contributed by atoms with Gasteiger partial charge in [0.2, 0.25) is 0 Å². The van der Waals surface area contributed by atoms with E-state index in [0.29, 0.717) is 33.0 Å². The highest BCUT2D eigenvalue weighted by Crippen LogP contribution is 2.53. The summed E-state index contributed by atoms with van der Waals surface area (Å²) in [5, 5.41) is 7.41. The van der Waals surface area contributed by atoms with Gasteiger partial charge >= 0.3 is 0 Å². The summed E-state index contributed by atoms with van der Waals surface area (Å²) in [7, 11) is 1.58. The van der Waals surface area contributed by atoms with Crippen molar-refractivity contribution >= 4 is 62.6 Å². The Morgan fingerprint density at radius 1 is 0.950 bits per heavy atom. The smallest absolute Gasteiger partial charge is 0.180 e. The molecule has 0 amide bonds. The monoisotopic (exact) mass is 591 g/mol. The molecule has 0 saturated heterocycles. The first-order chi connectivity index (χ1) is 19.1. The summed E-state index contributed by atoms with van der Waals surface area (Å²) >= 11 is 19.2. The van der Waals surface area contributed by atoms with Gasteiger partial charge in [-0.3, -0.25) is 4.79 Å². The first kappa shape index (κ1) is 27.0. The fourth-order valence-electron chi connectivity index (χ4n) is 5.92. The van der Waals surface area contributed by atoms with Crippen LogP contribution in [0.4, 0.5) is 5.69 Å². The molecule has 2 aliphatic rings. The lowest BCUT2D eigenvalue weighted by atomic mass is 9.68. The highest BCUT2D eigenvalue weighted by atomic mass is 35.5. The van der Waals surface area contributed by atoms with Crippen LogP contribution in [0.5, 0.6) is 11.5 Å². The lowest BCUT2D eigenvalue weighted by Crippen LogP contribution is -2.33. The molecule has 1 aliphatic carbocycles. The number of ketones is 1. The number of hydrogen-bond donors (Lipinski definition) is 1. The third kappa shape index (κ3) is 4.83. The van der Waals surface area contributed by atoms with Crippen LogP contribution in [0.1, 0.15) is 49.4 Å². The van der Waals surface area contributed by atoms with E-state index in [1.807, 2.05) is 30.3 Å². The van der Waals surface area contributed by atoms with Crippen LogP contribution in [0.15, 0.2) is 72.3 Å². The van der Waals surface area contributed by atoms with E-state index >= 15 is 0 Å². The molecule has 1 heterocycles. The zero-order chi connectivity index (χ0) is 28.2. The molecule has 0 spiro atoms. The van der Waals surface area contributed by atoms with Gasteiger partial charge in [-0.1, -0.05) is 85.0 Å². The fraction of sp³-hybridized carbons (Fsp3) is 0.242. The van der Waals surface area contributed by atoms with Gasteiger partial charge in [-0.05, 0) is 64.1 Å². The predicted octanol–water partition coefficient (Wildman–Crippen LogP) is 9.70. The minimum absolute atomic E-state index is 0.137. The molecule has 4 aromatic carbocycles. The number of rotatable bonds is 5. The Hall–Kier alpha value is -3.18. The van der Waals surface area contributed by atoms with Gasteiger partial charge in [0.25, 0.3) is 0 Å². The quantitative estimate of drug-likeness (QED) is 0.251. The molecular formula is C33H28Cl3NO3. The van der Waals surface area contributed by atoms with Gasteiger partial charge in [-0.25, -0.2) is 0 Å². The van der Waals surface area contributed by atoms with Crippen molar-refractivity contribution in [2.75, 3.05) is 12.4 Å². The van der Waals surface area contributed by atoms with Crippen LogP contribution in [0.25, 0.3) is 16.3 Å². The van der Waals surface area contributed by atoms with Crippen LogP contribution >= 0.6 is 34.8 Å². The lowest BCUT2D eigenvalue weighted by molar-refractivity contribution is -0.118. The van der Waals surface area contributed by atoms with Crippen molar-refractivity contribution in [3.8, 4) is 11.5 Å². The molecule has 0 radical (unpaired) electrons. The molecule has 4 aromatic rings. The first-order valence-electron chi connectivity index (χ1n) is 13.1. The molecule has 7 heteroatoms. The molecule has 1 atom stereocenters. The van der Waals surface area contributed by atoms with Crippen LogP contribution in [0.2, 0.25) is 15.1 Å². The number of carbonyl (C=O) groups is 1. The number of carbonyl (C=O) groups excluding carboxylic acids is 1. The van der Waals surface area contributed by atoms with E-state index in [0.717, 1.165) is 50.7 Å². The number of fused-ring (bicyclic) bond motifs is 4. The van der Waals surface area contributed by atoms with Crippen LogP contribution in [-0.4, -0.2) is 12.9 Å². The van der Waals surface area contributed by atoms with Crippen molar-refractivity contribution in [1.82, 2.24) is 0 Å². The largest absolute Gasteiger partial charge is 0.493 e. The van der Waals surface area contributed by atoms with Gasteiger partial charge in [0.1, 0.15) is 6.61 Å². The molecule has 0 fully saturated rings. The Balaban J connectivity index is 1.44. The second-order valence-electron chi connectivity index (χ2n) is 11.2. The zero-order valence-electron chi connectivity index (χ0n) is 22.4. The summed E-state index contributed by atoms with van der Waals surface area (Å²) in [4.78, 5) is 13.8. The van der Waals surface area contributed by atoms with Crippen LogP contribution in [0.3, 0.4) is 0 Å². The van der Waals surface area contributed by atoms with Gasteiger partial charge in [0.05, 0.1) is 18.2 Å². The topological polar surface area (TPSA) is 47.6 Å². The van der Waals surface area contributed by atoms with E-state index in [1.165, 1.54) is 0 Å². The number of benzene rings is 4. The third-order valence-electron chi connectivity index (χ3n) is 7.71. The molecule has 0 unspecified atom stereocenters. The normalized spacial score (nSPS) is 17.8. The number of Topliss-reactive ketones (excluding diaryl/α,β-unsaturated/α-hetero) is 1. The van der Waals surface area contributed by atoms with Gasteiger partial charge in [-0.2, -0.15) is 0 Å². The maximum atomic E-state index is 13.8. The second-order valence-corrected chi connectivity index (χ2v) is 12.4. The number of nitrogens with one attached hydrogen (secondary N) is 1. The molecule has 1 aliphatic heterocycles. The van der Waals surface area contributed by atoms with Crippen molar-refractivity contribution in [2.45, 2.75) is 39.3 Å². The van der Waals surface area contributed by atoms with Crippen LogP contribution in [-0.2, 0) is 11.4 Å². The van der Waals surface area contributed by atoms with Gasteiger partial charge in [0, 0.05) is 38.9 Å². The minimum Gasteiger partial charge on any atom is -0.493 e. The van der Waals surface area contributed by atoms with Gasteiger partial charge in [-0.15, -0.1) is 0 Å². The molecule has 204 valence electrons. The highest BCUT2D eigenvalue weighted by molar-refractivity contribution is 6.35. The summed E-state index contributed by atoms with van der Waals surface area (Å²) in [5.41, 5.74) is 5.48. The average molecular weight is 593 g/mol. The number of anilines is 1. The fourth-order valence-corrected chi connectivity index (χ4v) is 6.66. The minimum atomic E-state index is -0.376. The van der Waals surface area contributed by atoms with Crippen LogP contribution in [0, 0.1) is 5.41 Å². The van der Waals surface area contributed by atoms with E-state index in [4.69, 9.17) is 44.3 Å². The van der Waals surface area contributed by atoms with Crippen molar-refractivity contribution in [2.24, 2.45) is 5.41 Å². The Morgan fingerprint density at radius 3 is 2.52 bits per heavy atom. The molecule has 4 nitrogen and oxygen atoms in total. The summed E-state index contributed by atoms with van der Waals surface area (Å²) < 4.78 is 11.8. The molecule has 6 rings (SSSR count). The van der Waals surface area contributed by atoms with Gasteiger partial charge < -0.3 is 14.8 Å². The molecule has 0 saturated carbocycles. The Labute approximate surface area is 248 Å². The SMILES string of the molecule is COc1cc([C@@H]2Nc3ccc4ccccc4c3C3=C2C(=O)CC(C)(C)C3)cc(Cl)c1OCc1ccc(Cl)cc1Cl. The van der Waals surface area contributed by atoms with E-state index in [-0.39, 0.29) is 23.8 Å². The number of ether oxygens (including phenoxy) is 2. The average Bonchev–Trinajstić information content (AvgIpc) is 2.91. The Bertz CT molecular complexity index is 1710. The molecule has 0 bridgehead atoms. The molecule has 0 aromatic heterocycles. The Morgan fingerprint density at radius 2 is 1.75 bits per heavy atom. The summed E-state index contributed by atoms with van der Waals surface area (Å²) in [6, 6.07) is 21.2. The Kier molecular flexibility index (Phi) is 6.98. The second kappa shape index (κ2) is 10.3. The maximum absolute atomic E-state index is 13.8. The molecular weight excluding hydrogens is 565 g/mol. The predicted molar refractivity (Wildman–Crippen MR) is 164 cm³/mol. The summed E-state index contributed by atoms with van der Waals surface area (Å²) in [6.45, 7) is 4.52. The number of methoxy groups -OCH3 is 1. The van der Waals surface area contributed by atoms with E-state index < -0.39 is 0 Å². The maximum Gasteiger partial charge on any atom is 0.180 e. The first-order valence-corrected chi connectivity index (χ1v) is 14.3. The van der Waals surface area contributed by atoms with Crippen molar-refractivity contribution in [3.05, 3.63) is 104 Å². The standard InChI is InChI=1S/C33H28Cl3NO3/c1-33(2)15-23-29-22-7-5-4-6-18(22)9-11-26(29)37-31(30(23)27(38)16-33)20-12-25(36)32(28(13-20)39-3)40-17-19-8-10-21(34)14-24(19)35/h4-14,31,37H,15-17H2,1-3H3/t31-/m0/s1. The van der Waals surface area contributed by atoms with Crippen molar-refractivity contribution in [3.63, 3.8) is 0 Å². The third-order valence-corrected chi connectivity index (χ3v) is 8.58. The van der Waals surface area contributed by atoms with Gasteiger partial charge in [0.15, 0.2) is 17.3 Å². The van der Waals surface area contributed by atoms with E-state index in [1.54, 1.807) is 19.2 Å². The molecule has 40 heavy (non-hydrogen) atoms. The summed E-state index contributed by atoms with van der Waals surface area (Å²) in [6.07, 6.45) is 1.29. The molecule has 1 N–H and O–H groups in total. The zero-order valence-corrected chi connectivity index (χ0v) is 24.7. The highest BCUT2D eigenvalue weighted by Gasteiger charge is 2.41. The van der Waals surface area contributed by atoms with E-state index in [9.17, 15) is 4.79 Å². The van der Waals surface area contributed by atoms with Crippen LogP contribution < -0.4 is 14.8 Å². The number of hydrogen-bond acceptors (Lipinski definition) is 4. The number of allylic oxidation sites excluding steroid dienone is 1. The van der Waals surface area contributed by atoms with Crippen molar-refractivity contribution < 1.29 is 14.3 Å². The van der Waals surface area contributed by atoms with E-state index in [2.05, 4.69) is 43.4 Å².